The maximum Gasteiger partial charge on any atom is 0.118 e. The Kier molecular flexibility index (Phi) is 3.77. The first kappa shape index (κ1) is 13.5. The fourth-order valence-electron chi connectivity index (χ4n) is 2.54. The van der Waals surface area contributed by atoms with Gasteiger partial charge in [-0.15, -0.1) is 0 Å². The van der Waals surface area contributed by atoms with E-state index in [1.54, 1.807) is 7.11 Å². The van der Waals surface area contributed by atoms with Crippen LogP contribution in [-0.4, -0.2) is 17.3 Å². The largest absolute Gasteiger partial charge is 0.497 e. The molecule has 2 aromatic carbocycles. The summed E-state index contributed by atoms with van der Waals surface area (Å²) in [6, 6.07) is 14.6. The predicted octanol–water partition coefficient (Wildman–Crippen LogP) is 4.13. The van der Waals surface area contributed by atoms with Crippen molar-refractivity contribution >= 4 is 16.6 Å². The Labute approximate surface area is 124 Å². The highest BCUT2D eigenvalue weighted by Crippen LogP contribution is 2.28. The molecule has 1 aromatic heterocycles. The van der Waals surface area contributed by atoms with Crippen LogP contribution >= 0.6 is 0 Å². The van der Waals surface area contributed by atoms with Gasteiger partial charge in [-0.3, -0.25) is 5.10 Å². The molecule has 4 nitrogen and oxygen atoms in total. The number of aromatic nitrogens is 2. The molecule has 1 unspecified atom stereocenters. The number of hydrogen-bond acceptors (Lipinski definition) is 3. The van der Waals surface area contributed by atoms with Crippen molar-refractivity contribution in [2.45, 2.75) is 19.4 Å². The zero-order valence-corrected chi connectivity index (χ0v) is 12.3. The molecular formula is C17H19N3O. The minimum atomic E-state index is 0.261. The molecule has 0 spiro atoms. The van der Waals surface area contributed by atoms with E-state index in [9.17, 15) is 0 Å². The Morgan fingerprint density at radius 1 is 1.19 bits per heavy atom. The smallest absolute Gasteiger partial charge is 0.118 e. The monoisotopic (exact) mass is 281 g/mol. The second-order valence-corrected chi connectivity index (χ2v) is 5.02. The van der Waals surface area contributed by atoms with Gasteiger partial charge in [0.1, 0.15) is 5.75 Å². The van der Waals surface area contributed by atoms with Crippen LogP contribution in [-0.2, 0) is 0 Å². The third-order valence-electron chi connectivity index (χ3n) is 3.74. The van der Waals surface area contributed by atoms with E-state index >= 15 is 0 Å². The highest BCUT2D eigenvalue weighted by atomic mass is 16.5. The number of anilines is 1. The first-order valence-electron chi connectivity index (χ1n) is 7.14. The average Bonchev–Trinajstić information content (AvgIpc) is 3.02. The summed E-state index contributed by atoms with van der Waals surface area (Å²) < 4.78 is 5.22. The SMILES string of the molecule is CCC(Nc1cccc2[nH]ncc12)c1ccc(OC)cc1. The Bertz CT molecular complexity index is 718. The lowest BCUT2D eigenvalue weighted by molar-refractivity contribution is 0.414. The molecule has 21 heavy (non-hydrogen) atoms. The number of rotatable bonds is 5. The molecule has 0 radical (unpaired) electrons. The molecule has 0 bridgehead atoms. The van der Waals surface area contributed by atoms with Crippen molar-refractivity contribution in [2.24, 2.45) is 0 Å². The van der Waals surface area contributed by atoms with E-state index in [0.29, 0.717) is 0 Å². The Hall–Kier alpha value is -2.49. The van der Waals surface area contributed by atoms with Gasteiger partial charge < -0.3 is 10.1 Å². The quantitative estimate of drug-likeness (QED) is 0.739. The fraction of sp³-hybridized carbons (Fsp3) is 0.235. The third-order valence-corrected chi connectivity index (χ3v) is 3.74. The Morgan fingerprint density at radius 2 is 2.00 bits per heavy atom. The molecular weight excluding hydrogens is 262 g/mol. The van der Waals surface area contributed by atoms with Crippen LogP contribution < -0.4 is 10.1 Å². The van der Waals surface area contributed by atoms with Crippen molar-refractivity contribution in [3.05, 3.63) is 54.2 Å². The number of fused-ring (bicyclic) bond motifs is 1. The van der Waals surface area contributed by atoms with Crippen LogP contribution in [0.3, 0.4) is 0 Å². The van der Waals surface area contributed by atoms with Gasteiger partial charge in [0.05, 0.1) is 24.9 Å². The zero-order valence-electron chi connectivity index (χ0n) is 12.3. The highest BCUT2D eigenvalue weighted by molar-refractivity contribution is 5.91. The summed E-state index contributed by atoms with van der Waals surface area (Å²) in [5.74, 6) is 0.880. The number of ether oxygens (including phenoxy) is 1. The van der Waals surface area contributed by atoms with Crippen LogP contribution in [0.4, 0.5) is 5.69 Å². The van der Waals surface area contributed by atoms with Crippen LogP contribution in [0.1, 0.15) is 24.9 Å². The molecule has 1 atom stereocenters. The van der Waals surface area contributed by atoms with Crippen LogP contribution in [0.2, 0.25) is 0 Å². The van der Waals surface area contributed by atoms with Gasteiger partial charge in [-0.1, -0.05) is 25.1 Å². The second kappa shape index (κ2) is 5.87. The lowest BCUT2D eigenvalue weighted by atomic mass is 10.0. The Morgan fingerprint density at radius 3 is 2.71 bits per heavy atom. The number of benzene rings is 2. The lowest BCUT2D eigenvalue weighted by Crippen LogP contribution is -2.09. The normalized spacial score (nSPS) is 12.3. The molecule has 0 aliphatic carbocycles. The van der Waals surface area contributed by atoms with Crippen molar-refractivity contribution in [1.82, 2.24) is 10.2 Å². The summed E-state index contributed by atoms with van der Waals surface area (Å²) >= 11 is 0. The molecule has 1 heterocycles. The predicted molar refractivity (Wildman–Crippen MR) is 85.7 cm³/mol. The maximum atomic E-state index is 5.22. The number of nitrogens with one attached hydrogen (secondary N) is 2. The summed E-state index contributed by atoms with van der Waals surface area (Å²) in [4.78, 5) is 0. The molecule has 0 amide bonds. The molecule has 0 saturated heterocycles. The van der Waals surface area contributed by atoms with E-state index in [2.05, 4.69) is 40.6 Å². The second-order valence-electron chi connectivity index (χ2n) is 5.02. The van der Waals surface area contributed by atoms with Gasteiger partial charge in [0.2, 0.25) is 0 Å². The minimum absolute atomic E-state index is 0.261. The van der Waals surface area contributed by atoms with Crippen molar-refractivity contribution in [3.63, 3.8) is 0 Å². The summed E-state index contributed by atoms with van der Waals surface area (Å²) in [7, 11) is 1.68. The minimum Gasteiger partial charge on any atom is -0.497 e. The molecule has 0 fully saturated rings. The molecule has 108 valence electrons. The van der Waals surface area contributed by atoms with Gasteiger partial charge >= 0.3 is 0 Å². The van der Waals surface area contributed by atoms with Crippen molar-refractivity contribution in [3.8, 4) is 5.75 Å². The molecule has 3 rings (SSSR count). The van der Waals surface area contributed by atoms with Crippen molar-refractivity contribution in [2.75, 3.05) is 12.4 Å². The van der Waals surface area contributed by atoms with Crippen molar-refractivity contribution < 1.29 is 4.74 Å². The third kappa shape index (κ3) is 2.70. The first-order chi connectivity index (χ1) is 10.3. The first-order valence-corrected chi connectivity index (χ1v) is 7.14. The average molecular weight is 281 g/mol. The van der Waals surface area contributed by atoms with Gasteiger partial charge in [0, 0.05) is 11.1 Å². The fourth-order valence-corrected chi connectivity index (χ4v) is 2.54. The molecule has 3 aromatic rings. The number of methoxy groups -OCH3 is 1. The zero-order chi connectivity index (χ0) is 14.7. The van der Waals surface area contributed by atoms with Crippen LogP contribution in [0.25, 0.3) is 10.9 Å². The van der Waals surface area contributed by atoms with Gasteiger partial charge in [-0.25, -0.2) is 0 Å². The standard InChI is InChI=1S/C17H19N3O/c1-3-15(12-7-9-13(21-2)10-8-12)19-16-5-4-6-17-14(16)11-18-20-17/h4-11,15,19H,3H2,1-2H3,(H,18,20). The molecule has 0 saturated carbocycles. The summed E-state index contributed by atoms with van der Waals surface area (Å²) in [6.07, 6.45) is 2.86. The van der Waals surface area contributed by atoms with Gasteiger partial charge in [-0.2, -0.15) is 5.10 Å². The van der Waals surface area contributed by atoms with Gasteiger partial charge in [0.25, 0.3) is 0 Å². The van der Waals surface area contributed by atoms with E-state index in [4.69, 9.17) is 4.74 Å². The van der Waals surface area contributed by atoms with Crippen molar-refractivity contribution in [1.29, 1.82) is 0 Å². The van der Waals surface area contributed by atoms with E-state index < -0.39 is 0 Å². The number of nitrogens with zero attached hydrogens (tertiary/aromatic N) is 1. The lowest BCUT2D eigenvalue weighted by Gasteiger charge is -2.19. The van der Waals surface area contributed by atoms with Crippen LogP contribution in [0, 0.1) is 0 Å². The van der Waals surface area contributed by atoms with E-state index in [1.807, 2.05) is 30.5 Å². The number of H-pyrrole nitrogens is 1. The number of hydrogen-bond donors (Lipinski definition) is 2. The van der Waals surface area contributed by atoms with E-state index in [1.165, 1.54) is 5.56 Å². The molecule has 4 heteroatoms. The maximum absolute atomic E-state index is 5.22. The summed E-state index contributed by atoms with van der Waals surface area (Å²) in [6.45, 7) is 2.18. The number of aromatic amines is 1. The summed E-state index contributed by atoms with van der Waals surface area (Å²) in [5, 5.41) is 11.8. The summed E-state index contributed by atoms with van der Waals surface area (Å²) in [5.41, 5.74) is 3.40. The Balaban J connectivity index is 1.88. The van der Waals surface area contributed by atoms with Crippen LogP contribution in [0.5, 0.6) is 5.75 Å². The topological polar surface area (TPSA) is 49.9 Å². The van der Waals surface area contributed by atoms with E-state index in [-0.39, 0.29) is 6.04 Å². The molecule has 0 aliphatic heterocycles. The highest BCUT2D eigenvalue weighted by Gasteiger charge is 2.11. The van der Waals surface area contributed by atoms with Gasteiger partial charge in [-0.05, 0) is 36.2 Å². The molecule has 0 aliphatic rings. The van der Waals surface area contributed by atoms with Gasteiger partial charge in [0.15, 0.2) is 0 Å². The van der Waals surface area contributed by atoms with Crippen LogP contribution in [0.15, 0.2) is 48.7 Å². The van der Waals surface area contributed by atoms with E-state index in [0.717, 1.165) is 28.8 Å². The molecule has 2 N–H and O–H groups in total.